The maximum atomic E-state index is 7.61. The summed E-state index contributed by atoms with van der Waals surface area (Å²) in [5.74, 6) is 0. The summed E-state index contributed by atoms with van der Waals surface area (Å²) in [5, 5.41) is 30.4. The van der Waals surface area contributed by atoms with Crippen molar-refractivity contribution in [2.24, 2.45) is 0 Å². The zero-order valence-electron chi connectivity index (χ0n) is 9.93. The van der Waals surface area contributed by atoms with Crippen molar-refractivity contribution in [2.45, 2.75) is 26.4 Å². The molecule has 18 heavy (non-hydrogen) atoms. The number of hydrogen-bond donors (Lipinski definition) is 8. The summed E-state index contributed by atoms with van der Waals surface area (Å²) in [6.45, 7) is 2.56. The van der Waals surface area contributed by atoms with E-state index in [1.54, 1.807) is 0 Å². The Morgan fingerprint density at radius 1 is 0.667 bits per heavy atom. The van der Waals surface area contributed by atoms with Crippen molar-refractivity contribution >= 4 is 28.2 Å². The van der Waals surface area contributed by atoms with Crippen LogP contribution >= 0.6 is 28.2 Å². The molecule has 0 heterocycles. The van der Waals surface area contributed by atoms with E-state index in [1.165, 1.54) is 13.8 Å². The summed E-state index contributed by atoms with van der Waals surface area (Å²) in [6.07, 6.45) is -2.33. The molecule has 0 aliphatic carbocycles. The van der Waals surface area contributed by atoms with Crippen molar-refractivity contribution in [2.75, 3.05) is 0 Å². The first-order valence-electron chi connectivity index (χ1n) is 2.42. The SMILES string of the molecule is CC(O)O.CC(O)O.N.N.N.N.O.[Cu].[Cu][Br].[Cu][Br]. The predicted molar refractivity (Wildman–Crippen MR) is 69.4 cm³/mol. The first-order chi connectivity index (χ1) is 5.46. The van der Waals surface area contributed by atoms with Gasteiger partial charge in [-0.1, -0.05) is 0 Å². The van der Waals surface area contributed by atoms with Crippen molar-refractivity contribution in [3.8, 4) is 0 Å². The predicted octanol–water partition coefficient (Wildman–Crippen LogP) is 0.141. The Labute approximate surface area is 149 Å². The number of aliphatic hydroxyl groups excluding tert-OH is 2. The van der Waals surface area contributed by atoms with E-state index in [1.807, 2.05) is 0 Å². The number of hydrogen-bond acceptors (Lipinski definition) is 8. The summed E-state index contributed by atoms with van der Waals surface area (Å²) < 4.78 is 0. The molecule has 1 radical (unpaired) electrons. The van der Waals surface area contributed by atoms with Crippen LogP contribution in [-0.2, 0) is 45.5 Å². The van der Waals surface area contributed by atoms with E-state index in [-0.39, 0.29) is 47.1 Å². The molecule has 0 unspecified atom stereocenters. The molecule has 0 aromatic heterocycles. The third kappa shape index (κ3) is 1150. The zero-order valence-corrected chi connectivity index (χ0v) is 15.9. The fraction of sp³-hybridized carbons (Fsp3) is 1.00. The van der Waals surface area contributed by atoms with E-state index in [0.717, 1.165) is 0 Å². The van der Waals surface area contributed by atoms with Crippen molar-refractivity contribution in [3.63, 3.8) is 0 Å². The third-order valence-corrected chi connectivity index (χ3v) is 0. The van der Waals surface area contributed by atoms with E-state index >= 15 is 0 Å². The molecule has 18 N–H and O–H groups in total. The van der Waals surface area contributed by atoms with Crippen LogP contribution < -0.4 is 24.6 Å². The molecule has 0 fully saturated rings. The first kappa shape index (κ1) is 71.7. The topological polar surface area (TPSA) is 252 Å². The van der Waals surface area contributed by atoms with E-state index in [0.29, 0.717) is 0 Å². The van der Waals surface area contributed by atoms with Crippen molar-refractivity contribution in [3.05, 3.63) is 0 Å². The summed E-state index contributed by atoms with van der Waals surface area (Å²) in [5.41, 5.74) is 0. The van der Waals surface area contributed by atoms with Gasteiger partial charge in [0.25, 0.3) is 0 Å². The molecule has 0 aliphatic heterocycles. The summed E-state index contributed by atoms with van der Waals surface area (Å²) >= 11 is 13.0. The van der Waals surface area contributed by atoms with Crippen LogP contribution in [0.15, 0.2) is 0 Å². The van der Waals surface area contributed by atoms with Crippen LogP contribution in [-0.4, -0.2) is 38.5 Å². The van der Waals surface area contributed by atoms with Gasteiger partial charge in [-0.3, -0.25) is 0 Å². The summed E-state index contributed by atoms with van der Waals surface area (Å²) in [7, 11) is 0. The summed E-state index contributed by atoms with van der Waals surface area (Å²) in [6, 6.07) is 0. The van der Waals surface area contributed by atoms with Crippen LogP contribution in [0.3, 0.4) is 0 Å². The third-order valence-electron chi connectivity index (χ3n) is 0. The molecule has 0 spiro atoms. The van der Waals surface area contributed by atoms with Gasteiger partial charge in [-0.05, 0) is 13.8 Å². The van der Waals surface area contributed by atoms with Gasteiger partial charge in [-0.25, -0.2) is 0 Å². The van der Waals surface area contributed by atoms with Crippen LogP contribution in [0.5, 0.6) is 0 Å². The van der Waals surface area contributed by atoms with E-state index in [4.69, 9.17) is 20.4 Å². The first-order valence-corrected chi connectivity index (χ1v) is 7.07. The van der Waals surface area contributed by atoms with Crippen molar-refractivity contribution in [1.82, 2.24) is 24.6 Å². The Bertz CT molecular complexity index is 56.2. The standard InChI is InChI=1S/2C2H6O2.2BrH.3Cu.4H3N.H2O/c2*1-2(3)4;;;;;;;;;;/h2*2-4H,1H3;2*1H;;;;4*1H3;1H2/q;;;;;2*+1;;;;;/p-2. The molecule has 0 aromatic carbocycles. The number of halogens is 2. The van der Waals surface area contributed by atoms with Gasteiger partial charge in [-0.15, -0.1) is 0 Å². The minimum atomic E-state index is -1.17. The molecule has 14 heteroatoms. The van der Waals surface area contributed by atoms with Crippen LogP contribution in [0.1, 0.15) is 13.8 Å². The Kier molecular flexibility index (Phi) is 378. The van der Waals surface area contributed by atoms with Crippen LogP contribution in [0.2, 0.25) is 0 Å². The fourth-order valence-corrected chi connectivity index (χ4v) is 0. The van der Waals surface area contributed by atoms with Gasteiger partial charge in [0.1, 0.15) is 12.6 Å². The van der Waals surface area contributed by atoms with Crippen LogP contribution in [0.25, 0.3) is 0 Å². The average molecular weight is 561 g/mol. The monoisotopic (exact) mass is 557 g/mol. The Morgan fingerprint density at radius 2 is 0.667 bits per heavy atom. The molecule has 9 nitrogen and oxygen atoms in total. The van der Waals surface area contributed by atoms with Crippen LogP contribution in [0.4, 0.5) is 0 Å². The molecular weight excluding hydrogens is 535 g/mol. The molecule has 0 amide bonds. The molecule has 0 saturated carbocycles. The second-order valence-electron chi connectivity index (χ2n) is 1.26. The molecule has 0 saturated heterocycles. The molecule has 139 valence electrons. The second-order valence-corrected chi connectivity index (χ2v) is 1.26. The normalized spacial score (nSPS) is 4.78. The van der Waals surface area contributed by atoms with Gasteiger partial charge < -0.3 is 50.5 Å². The maximum absolute atomic E-state index is 7.61. The van der Waals surface area contributed by atoms with Crippen molar-refractivity contribution in [1.29, 1.82) is 0 Å². The molecule has 0 aliphatic rings. The van der Waals surface area contributed by atoms with Crippen molar-refractivity contribution < 1.29 is 71.4 Å². The van der Waals surface area contributed by atoms with Gasteiger partial charge in [0.15, 0.2) is 0 Å². The fourth-order valence-electron chi connectivity index (χ4n) is 0. The molecule has 0 bridgehead atoms. The van der Waals surface area contributed by atoms with Gasteiger partial charge in [0.2, 0.25) is 0 Å². The van der Waals surface area contributed by atoms with Gasteiger partial charge in [-0.2, -0.15) is 0 Å². The van der Waals surface area contributed by atoms with Gasteiger partial charge in [0, 0.05) is 17.1 Å². The quantitative estimate of drug-likeness (QED) is 0.149. The van der Waals surface area contributed by atoms with E-state index < -0.39 is 12.6 Å². The van der Waals surface area contributed by atoms with Gasteiger partial charge >= 0.3 is 56.6 Å². The molecule has 0 rings (SSSR count). The van der Waals surface area contributed by atoms with Gasteiger partial charge in [0.05, 0.1) is 0 Å². The Morgan fingerprint density at radius 3 is 0.667 bits per heavy atom. The van der Waals surface area contributed by atoms with E-state index in [2.05, 4.69) is 56.6 Å². The Balaban J connectivity index is -0.00000000554. The Hall–Kier alpha value is 2.16. The second kappa shape index (κ2) is 94.9. The molecule has 0 aromatic rings. The number of aliphatic hydroxyl groups is 4. The molecule has 0 atom stereocenters. The average Bonchev–Trinajstić information content (AvgIpc) is 1.93. The van der Waals surface area contributed by atoms with Crippen LogP contribution in [0, 0.1) is 0 Å². The number of rotatable bonds is 0. The zero-order chi connectivity index (χ0) is 11.2. The van der Waals surface area contributed by atoms with E-state index in [9.17, 15) is 0 Å². The molecular formula is C4H26Br2Cu3N4O5. The summed E-state index contributed by atoms with van der Waals surface area (Å²) in [4.78, 5) is 0. The minimum absolute atomic E-state index is 0.